The molecule has 1 amide bonds. The number of carbonyl (C=O) groups excluding carboxylic acids is 1. The van der Waals surface area contributed by atoms with Gasteiger partial charge in [0.25, 0.3) is 5.91 Å². The summed E-state index contributed by atoms with van der Waals surface area (Å²) >= 11 is 1.46. The van der Waals surface area contributed by atoms with E-state index in [1.807, 2.05) is 71.8 Å². The van der Waals surface area contributed by atoms with Crippen molar-refractivity contribution in [1.82, 2.24) is 19.3 Å². The van der Waals surface area contributed by atoms with Gasteiger partial charge >= 0.3 is 0 Å². The minimum absolute atomic E-state index is 0.0748. The summed E-state index contributed by atoms with van der Waals surface area (Å²) in [5.74, 6) is 0.0748. The van der Waals surface area contributed by atoms with Crippen LogP contribution in [0.2, 0.25) is 0 Å². The first-order chi connectivity index (χ1) is 13.7. The van der Waals surface area contributed by atoms with Gasteiger partial charge in [0.2, 0.25) is 0 Å². The predicted octanol–water partition coefficient (Wildman–Crippen LogP) is 4.47. The van der Waals surface area contributed by atoms with E-state index in [0.717, 1.165) is 33.2 Å². The maximum Gasteiger partial charge on any atom is 0.265 e. The maximum absolute atomic E-state index is 13.1. The van der Waals surface area contributed by atoms with Crippen molar-refractivity contribution in [3.63, 3.8) is 0 Å². The van der Waals surface area contributed by atoms with Crippen molar-refractivity contribution in [3.05, 3.63) is 77.2 Å². The van der Waals surface area contributed by atoms with Gasteiger partial charge in [-0.3, -0.25) is 14.2 Å². The standard InChI is InChI=1S/C22H22N4OS/c1-3-25(14-11-17-9-12-23-13-10-17)21(27)20-16(2)26-15-19(24-22(26)28-20)18-7-5-4-6-8-18/h4-10,12-13,15H,3,11,14H2,1-2H3. The Bertz CT molecular complexity index is 1090. The number of pyridine rings is 1. The Morgan fingerprint density at radius 2 is 1.89 bits per heavy atom. The highest BCUT2D eigenvalue weighted by Gasteiger charge is 2.22. The topological polar surface area (TPSA) is 50.5 Å². The smallest absolute Gasteiger partial charge is 0.265 e. The number of fused-ring (bicyclic) bond motifs is 1. The number of aromatic nitrogens is 3. The Kier molecular flexibility index (Phi) is 5.21. The molecule has 1 aromatic carbocycles. The second-order valence-corrected chi connectivity index (χ2v) is 7.63. The lowest BCUT2D eigenvalue weighted by molar-refractivity contribution is 0.0770. The fourth-order valence-electron chi connectivity index (χ4n) is 3.26. The molecule has 0 saturated carbocycles. The van der Waals surface area contributed by atoms with Crippen LogP contribution in [0.4, 0.5) is 0 Å². The molecule has 4 aromatic rings. The number of hydrogen-bond donors (Lipinski definition) is 0. The molecule has 0 aliphatic rings. The Balaban J connectivity index is 1.56. The number of nitrogens with zero attached hydrogens (tertiary/aromatic N) is 4. The molecule has 4 rings (SSSR count). The lowest BCUT2D eigenvalue weighted by Gasteiger charge is -2.20. The first kappa shape index (κ1) is 18.4. The van der Waals surface area contributed by atoms with E-state index in [9.17, 15) is 4.79 Å². The Morgan fingerprint density at radius 3 is 2.57 bits per heavy atom. The number of benzene rings is 1. The molecule has 0 aliphatic heterocycles. The van der Waals surface area contributed by atoms with Crippen molar-refractivity contribution < 1.29 is 4.79 Å². The summed E-state index contributed by atoms with van der Waals surface area (Å²) in [5.41, 5.74) is 4.14. The lowest BCUT2D eigenvalue weighted by Crippen LogP contribution is -2.32. The number of imidazole rings is 1. The molecule has 0 unspecified atom stereocenters. The van der Waals surface area contributed by atoms with E-state index >= 15 is 0 Å². The van der Waals surface area contributed by atoms with Gasteiger partial charge in [-0.1, -0.05) is 41.7 Å². The van der Waals surface area contributed by atoms with Crippen molar-refractivity contribution in [3.8, 4) is 11.3 Å². The molecule has 5 nitrogen and oxygen atoms in total. The summed E-state index contributed by atoms with van der Waals surface area (Å²) in [5, 5.41) is 0. The van der Waals surface area contributed by atoms with Crippen LogP contribution in [0.5, 0.6) is 0 Å². The van der Waals surface area contributed by atoms with Crippen LogP contribution in [0.3, 0.4) is 0 Å². The zero-order chi connectivity index (χ0) is 19.5. The van der Waals surface area contributed by atoms with Crippen LogP contribution in [0, 0.1) is 6.92 Å². The summed E-state index contributed by atoms with van der Waals surface area (Å²) in [6.45, 7) is 5.38. The normalized spacial score (nSPS) is 11.1. The van der Waals surface area contributed by atoms with E-state index in [1.54, 1.807) is 12.4 Å². The molecule has 0 N–H and O–H groups in total. The SMILES string of the molecule is CCN(CCc1ccncc1)C(=O)c1sc2nc(-c3ccccc3)cn2c1C. The third-order valence-corrected chi connectivity index (χ3v) is 6.05. The Morgan fingerprint density at radius 1 is 1.14 bits per heavy atom. The van der Waals surface area contributed by atoms with Crippen LogP contribution in [0.1, 0.15) is 27.9 Å². The average Bonchev–Trinajstić information content (AvgIpc) is 3.29. The molecule has 3 heterocycles. The molecule has 6 heteroatoms. The van der Waals surface area contributed by atoms with E-state index in [-0.39, 0.29) is 5.91 Å². The molecule has 0 bridgehead atoms. The summed E-state index contributed by atoms with van der Waals surface area (Å²) in [6, 6.07) is 14.1. The molecular formula is C22H22N4OS. The highest BCUT2D eigenvalue weighted by Crippen LogP contribution is 2.28. The molecule has 28 heavy (non-hydrogen) atoms. The average molecular weight is 391 g/mol. The van der Waals surface area contributed by atoms with Gasteiger partial charge in [-0.05, 0) is 38.0 Å². The van der Waals surface area contributed by atoms with Gasteiger partial charge in [-0.2, -0.15) is 0 Å². The van der Waals surface area contributed by atoms with E-state index in [1.165, 1.54) is 16.9 Å². The zero-order valence-corrected chi connectivity index (χ0v) is 16.8. The molecule has 3 aromatic heterocycles. The second kappa shape index (κ2) is 7.94. The van der Waals surface area contributed by atoms with Crippen molar-refractivity contribution in [2.24, 2.45) is 0 Å². The first-order valence-electron chi connectivity index (χ1n) is 9.39. The monoisotopic (exact) mass is 390 g/mol. The molecule has 0 atom stereocenters. The van der Waals surface area contributed by atoms with Crippen molar-refractivity contribution in [1.29, 1.82) is 0 Å². The Labute approximate surface area is 168 Å². The van der Waals surface area contributed by atoms with Gasteiger partial charge in [-0.15, -0.1) is 0 Å². The Hall–Kier alpha value is -2.99. The van der Waals surface area contributed by atoms with Crippen LogP contribution >= 0.6 is 11.3 Å². The molecule has 0 fully saturated rings. The molecule has 0 aliphatic carbocycles. The van der Waals surface area contributed by atoms with Crippen LogP contribution in [-0.4, -0.2) is 38.3 Å². The van der Waals surface area contributed by atoms with Gasteiger partial charge < -0.3 is 4.90 Å². The summed E-state index contributed by atoms with van der Waals surface area (Å²) in [6.07, 6.45) is 6.41. The molecular weight excluding hydrogens is 368 g/mol. The van der Waals surface area contributed by atoms with Crippen molar-refractivity contribution >= 4 is 22.2 Å². The highest BCUT2D eigenvalue weighted by atomic mass is 32.1. The van der Waals surface area contributed by atoms with Crippen molar-refractivity contribution in [2.45, 2.75) is 20.3 Å². The third-order valence-electron chi connectivity index (χ3n) is 4.91. The zero-order valence-electron chi connectivity index (χ0n) is 16.0. The summed E-state index contributed by atoms with van der Waals surface area (Å²) in [4.78, 5) is 25.4. The van der Waals surface area contributed by atoms with Gasteiger partial charge in [-0.25, -0.2) is 4.98 Å². The van der Waals surface area contributed by atoms with Gasteiger partial charge in [0.1, 0.15) is 4.88 Å². The van der Waals surface area contributed by atoms with Crippen LogP contribution in [0.15, 0.2) is 61.1 Å². The van der Waals surface area contributed by atoms with E-state index < -0.39 is 0 Å². The summed E-state index contributed by atoms with van der Waals surface area (Å²) < 4.78 is 2.02. The van der Waals surface area contributed by atoms with Crippen LogP contribution < -0.4 is 0 Å². The van der Waals surface area contributed by atoms with E-state index in [0.29, 0.717) is 13.1 Å². The minimum atomic E-state index is 0.0748. The molecule has 0 radical (unpaired) electrons. The van der Waals surface area contributed by atoms with Gasteiger partial charge in [0.15, 0.2) is 4.96 Å². The number of likely N-dealkylation sites (N-methyl/N-ethyl adjacent to an activating group) is 1. The van der Waals surface area contributed by atoms with Crippen LogP contribution in [-0.2, 0) is 6.42 Å². The number of aryl methyl sites for hydroxylation is 1. The predicted molar refractivity (Wildman–Crippen MR) is 113 cm³/mol. The fourth-order valence-corrected chi connectivity index (χ4v) is 4.33. The fraction of sp³-hybridized carbons (Fsp3) is 0.227. The quantitative estimate of drug-likeness (QED) is 0.488. The largest absolute Gasteiger partial charge is 0.338 e. The highest BCUT2D eigenvalue weighted by molar-refractivity contribution is 7.19. The number of amides is 1. The number of thiazole rings is 1. The molecule has 0 spiro atoms. The van der Waals surface area contributed by atoms with E-state index in [4.69, 9.17) is 4.98 Å². The van der Waals surface area contributed by atoms with Crippen LogP contribution in [0.25, 0.3) is 16.2 Å². The lowest BCUT2D eigenvalue weighted by atomic mass is 10.2. The van der Waals surface area contributed by atoms with Crippen molar-refractivity contribution in [2.75, 3.05) is 13.1 Å². The number of carbonyl (C=O) groups is 1. The maximum atomic E-state index is 13.1. The molecule has 0 saturated heterocycles. The second-order valence-electron chi connectivity index (χ2n) is 6.65. The first-order valence-corrected chi connectivity index (χ1v) is 10.2. The van der Waals surface area contributed by atoms with E-state index in [2.05, 4.69) is 4.98 Å². The number of rotatable bonds is 6. The van der Waals surface area contributed by atoms with Gasteiger partial charge in [0, 0.05) is 42.9 Å². The summed E-state index contributed by atoms with van der Waals surface area (Å²) in [7, 11) is 0. The van der Waals surface area contributed by atoms with Gasteiger partial charge in [0.05, 0.1) is 5.69 Å². The number of hydrogen-bond acceptors (Lipinski definition) is 4. The third kappa shape index (κ3) is 3.55. The minimum Gasteiger partial charge on any atom is -0.338 e. The molecule has 142 valence electrons.